The van der Waals surface area contributed by atoms with E-state index >= 15 is 0 Å². The van der Waals surface area contributed by atoms with E-state index in [2.05, 4.69) is 20.0 Å². The SMILES string of the molecule is NS(=O)(=O)NCC1(O)CCN(c2ncnc3c2CC(=O)N3)CC1. The van der Waals surface area contributed by atoms with E-state index in [0.717, 1.165) is 5.56 Å². The molecule has 23 heavy (non-hydrogen) atoms. The highest BCUT2D eigenvalue weighted by molar-refractivity contribution is 7.87. The topological polar surface area (TPSA) is 151 Å². The van der Waals surface area contributed by atoms with Crippen LogP contribution in [0.15, 0.2) is 6.33 Å². The van der Waals surface area contributed by atoms with Crippen molar-refractivity contribution in [1.82, 2.24) is 14.7 Å². The molecule has 1 aromatic heterocycles. The molecule has 1 fully saturated rings. The molecule has 0 unspecified atom stereocenters. The van der Waals surface area contributed by atoms with E-state index in [0.29, 0.717) is 37.6 Å². The molecule has 1 amide bonds. The van der Waals surface area contributed by atoms with Crippen LogP contribution in [0.2, 0.25) is 0 Å². The molecule has 5 N–H and O–H groups in total. The van der Waals surface area contributed by atoms with Crippen molar-refractivity contribution in [2.45, 2.75) is 24.9 Å². The number of anilines is 2. The van der Waals surface area contributed by atoms with Crippen molar-refractivity contribution >= 4 is 27.8 Å². The van der Waals surface area contributed by atoms with Crippen LogP contribution in [0.25, 0.3) is 0 Å². The second-order valence-corrected chi connectivity index (χ2v) is 7.21. The Morgan fingerprint density at radius 2 is 2.09 bits per heavy atom. The summed E-state index contributed by atoms with van der Waals surface area (Å²) in [5, 5.41) is 18.0. The molecule has 0 atom stereocenters. The van der Waals surface area contributed by atoms with Crippen LogP contribution in [0.4, 0.5) is 11.6 Å². The van der Waals surface area contributed by atoms with Gasteiger partial charge in [-0.3, -0.25) is 4.79 Å². The minimum Gasteiger partial charge on any atom is -0.388 e. The van der Waals surface area contributed by atoms with Gasteiger partial charge in [-0.25, -0.2) is 15.1 Å². The number of piperidine rings is 1. The zero-order chi connectivity index (χ0) is 16.7. The van der Waals surface area contributed by atoms with Gasteiger partial charge in [0.1, 0.15) is 18.0 Å². The second kappa shape index (κ2) is 5.67. The predicted octanol–water partition coefficient (Wildman–Crippen LogP) is -1.90. The lowest BCUT2D eigenvalue weighted by atomic mass is 9.91. The molecule has 2 aliphatic heterocycles. The number of aromatic nitrogens is 2. The Morgan fingerprint density at radius 3 is 2.74 bits per heavy atom. The molecule has 0 bridgehead atoms. The molecule has 0 radical (unpaired) electrons. The summed E-state index contributed by atoms with van der Waals surface area (Å²) < 4.78 is 24.0. The minimum absolute atomic E-state index is 0.118. The van der Waals surface area contributed by atoms with Crippen LogP contribution in [0.3, 0.4) is 0 Å². The maximum atomic E-state index is 11.5. The normalized spacial score (nSPS) is 20.3. The molecule has 0 saturated carbocycles. The van der Waals surface area contributed by atoms with Gasteiger partial charge in [0.2, 0.25) is 5.91 Å². The van der Waals surface area contributed by atoms with Gasteiger partial charge in [-0.15, -0.1) is 0 Å². The van der Waals surface area contributed by atoms with Gasteiger partial charge < -0.3 is 15.3 Å². The zero-order valence-corrected chi connectivity index (χ0v) is 13.1. The molecular weight excluding hydrogens is 324 g/mol. The molecule has 126 valence electrons. The molecule has 3 heterocycles. The maximum absolute atomic E-state index is 11.5. The highest BCUT2D eigenvalue weighted by Gasteiger charge is 2.35. The minimum atomic E-state index is -3.83. The lowest BCUT2D eigenvalue weighted by Crippen LogP contribution is -2.52. The fourth-order valence-electron chi connectivity index (χ4n) is 2.83. The second-order valence-electron chi connectivity index (χ2n) is 5.83. The number of aliphatic hydroxyl groups is 1. The van der Waals surface area contributed by atoms with Crippen LogP contribution in [0.1, 0.15) is 18.4 Å². The molecule has 0 spiro atoms. The zero-order valence-electron chi connectivity index (χ0n) is 12.3. The quantitative estimate of drug-likeness (QED) is 0.499. The number of rotatable bonds is 4. The molecule has 11 heteroatoms. The molecule has 10 nitrogen and oxygen atoms in total. The number of nitrogens with two attached hydrogens (primary N) is 1. The predicted molar refractivity (Wildman–Crippen MR) is 81.9 cm³/mol. The first-order valence-corrected chi connectivity index (χ1v) is 8.69. The number of carbonyl (C=O) groups is 1. The van der Waals surface area contributed by atoms with Gasteiger partial charge >= 0.3 is 0 Å². The third-order valence-electron chi connectivity index (χ3n) is 4.11. The van der Waals surface area contributed by atoms with Crippen molar-refractivity contribution < 1.29 is 18.3 Å². The fourth-order valence-corrected chi connectivity index (χ4v) is 3.30. The Bertz CT molecular complexity index is 729. The number of nitrogens with zero attached hydrogens (tertiary/aromatic N) is 3. The lowest BCUT2D eigenvalue weighted by Gasteiger charge is -2.39. The highest BCUT2D eigenvalue weighted by atomic mass is 32.2. The van der Waals surface area contributed by atoms with Crippen molar-refractivity contribution in [3.8, 4) is 0 Å². The van der Waals surface area contributed by atoms with Crippen LogP contribution in [0, 0.1) is 0 Å². The van der Waals surface area contributed by atoms with Crippen LogP contribution >= 0.6 is 0 Å². The molecule has 0 aliphatic carbocycles. The summed E-state index contributed by atoms with van der Waals surface area (Å²) in [6, 6.07) is 0. The van der Waals surface area contributed by atoms with Gasteiger partial charge in [-0.05, 0) is 12.8 Å². The fraction of sp³-hybridized carbons (Fsp3) is 0.583. The Hall–Kier alpha value is -1.82. The third-order valence-corrected chi connectivity index (χ3v) is 4.66. The van der Waals surface area contributed by atoms with Crippen molar-refractivity contribution in [1.29, 1.82) is 0 Å². The Labute approximate surface area is 133 Å². The van der Waals surface area contributed by atoms with Crippen LogP contribution < -0.4 is 20.1 Å². The van der Waals surface area contributed by atoms with E-state index in [1.165, 1.54) is 6.33 Å². The standard InChI is InChI=1S/C12H18N6O4S/c13-23(21,22)16-6-12(20)1-3-18(4-2-12)11-8-5-9(19)17-10(8)14-7-15-11/h7,16,20H,1-6H2,(H2,13,21,22)(H,14,15,17,19). The third kappa shape index (κ3) is 3.58. The van der Waals surface area contributed by atoms with E-state index < -0.39 is 15.8 Å². The van der Waals surface area contributed by atoms with Gasteiger partial charge in [-0.1, -0.05) is 0 Å². The van der Waals surface area contributed by atoms with Crippen molar-refractivity contribution in [2.75, 3.05) is 29.9 Å². The van der Waals surface area contributed by atoms with Crippen molar-refractivity contribution in [3.05, 3.63) is 11.9 Å². The van der Waals surface area contributed by atoms with Gasteiger partial charge in [0.05, 0.1) is 12.0 Å². The summed E-state index contributed by atoms with van der Waals surface area (Å²) >= 11 is 0. The van der Waals surface area contributed by atoms with E-state index in [-0.39, 0.29) is 18.9 Å². The monoisotopic (exact) mass is 342 g/mol. The highest BCUT2D eigenvalue weighted by Crippen LogP contribution is 2.32. The van der Waals surface area contributed by atoms with Crippen LogP contribution in [0.5, 0.6) is 0 Å². The van der Waals surface area contributed by atoms with E-state index in [9.17, 15) is 18.3 Å². The molecule has 0 aromatic carbocycles. The van der Waals surface area contributed by atoms with Crippen molar-refractivity contribution in [2.24, 2.45) is 5.14 Å². The molecule has 1 aromatic rings. The maximum Gasteiger partial charge on any atom is 0.274 e. The molecule has 2 aliphatic rings. The number of fused-ring (bicyclic) bond motifs is 1. The van der Waals surface area contributed by atoms with Gasteiger partial charge in [-0.2, -0.15) is 13.1 Å². The number of hydrogen-bond donors (Lipinski definition) is 4. The summed E-state index contributed by atoms with van der Waals surface area (Å²) in [6.07, 6.45) is 2.34. The van der Waals surface area contributed by atoms with Gasteiger partial charge in [0.15, 0.2) is 0 Å². The van der Waals surface area contributed by atoms with Gasteiger partial charge in [0, 0.05) is 25.2 Å². The summed E-state index contributed by atoms with van der Waals surface area (Å²) in [6.45, 7) is 0.850. The van der Waals surface area contributed by atoms with Crippen LogP contribution in [-0.2, 0) is 21.4 Å². The van der Waals surface area contributed by atoms with Gasteiger partial charge in [0.25, 0.3) is 10.2 Å². The molecular formula is C12H18N6O4S. The van der Waals surface area contributed by atoms with E-state index in [1.54, 1.807) is 0 Å². The average Bonchev–Trinajstić information content (AvgIpc) is 2.86. The van der Waals surface area contributed by atoms with E-state index in [4.69, 9.17) is 5.14 Å². The Morgan fingerprint density at radius 1 is 1.39 bits per heavy atom. The largest absolute Gasteiger partial charge is 0.388 e. The number of hydrogen-bond acceptors (Lipinski definition) is 7. The smallest absolute Gasteiger partial charge is 0.274 e. The summed E-state index contributed by atoms with van der Waals surface area (Å²) in [5.41, 5.74) is -0.390. The average molecular weight is 342 g/mol. The Balaban J connectivity index is 1.68. The summed E-state index contributed by atoms with van der Waals surface area (Å²) in [4.78, 5) is 21.8. The Kier molecular flexibility index (Phi) is 3.96. The lowest BCUT2D eigenvalue weighted by molar-refractivity contribution is -0.115. The number of nitrogens with one attached hydrogen (secondary N) is 2. The molecule has 1 saturated heterocycles. The first kappa shape index (κ1) is 16.1. The number of carbonyl (C=O) groups excluding carboxylic acids is 1. The number of amides is 1. The first-order valence-electron chi connectivity index (χ1n) is 7.14. The molecule has 3 rings (SSSR count). The van der Waals surface area contributed by atoms with Crippen molar-refractivity contribution in [3.63, 3.8) is 0 Å². The summed E-state index contributed by atoms with van der Waals surface area (Å²) in [5.74, 6) is 1.08. The van der Waals surface area contributed by atoms with E-state index in [1.807, 2.05) is 4.90 Å². The summed E-state index contributed by atoms with van der Waals surface area (Å²) in [7, 11) is -3.83. The first-order chi connectivity index (χ1) is 10.8. The van der Waals surface area contributed by atoms with Crippen LogP contribution in [-0.4, -0.2) is 54.6 Å².